The zero-order valence-electron chi connectivity index (χ0n) is 23.6. The van der Waals surface area contributed by atoms with Gasteiger partial charge in [-0.05, 0) is 62.6 Å². The first-order valence-corrected chi connectivity index (χ1v) is 14.3. The number of H-pyrrole nitrogens is 1. The van der Waals surface area contributed by atoms with E-state index < -0.39 is 11.5 Å². The summed E-state index contributed by atoms with van der Waals surface area (Å²) in [6.07, 6.45) is 7.51. The molecule has 9 nitrogen and oxygen atoms in total. The topological polar surface area (TPSA) is 113 Å². The van der Waals surface area contributed by atoms with Crippen molar-refractivity contribution >= 4 is 27.8 Å². The maximum absolute atomic E-state index is 16.1. The Labute approximate surface area is 237 Å². The van der Waals surface area contributed by atoms with Gasteiger partial charge in [-0.2, -0.15) is 10.1 Å². The first-order chi connectivity index (χ1) is 19.9. The fourth-order valence-corrected chi connectivity index (χ4v) is 5.96. The molecule has 212 valence electrons. The average molecular weight is 556 g/mol. The summed E-state index contributed by atoms with van der Waals surface area (Å²) in [5.74, 6) is -0.0622. The van der Waals surface area contributed by atoms with Gasteiger partial charge in [0.25, 0.3) is 0 Å². The predicted molar refractivity (Wildman–Crippen MR) is 158 cm³/mol. The number of para-hydroxylation sites is 1. The maximum Gasteiger partial charge on any atom is 0.355 e. The molecule has 0 bridgehead atoms. The summed E-state index contributed by atoms with van der Waals surface area (Å²) in [6, 6.07) is 9.02. The van der Waals surface area contributed by atoms with E-state index in [1.807, 2.05) is 32.0 Å². The van der Waals surface area contributed by atoms with E-state index in [1.54, 1.807) is 18.5 Å². The van der Waals surface area contributed by atoms with E-state index >= 15 is 4.39 Å². The van der Waals surface area contributed by atoms with E-state index in [1.165, 1.54) is 10.6 Å². The molecule has 0 spiro atoms. The van der Waals surface area contributed by atoms with Gasteiger partial charge in [0.05, 0.1) is 28.5 Å². The van der Waals surface area contributed by atoms with E-state index in [0.717, 1.165) is 36.8 Å². The minimum atomic E-state index is -0.506. The summed E-state index contributed by atoms with van der Waals surface area (Å²) in [4.78, 5) is 30.4. The third kappa shape index (κ3) is 4.76. The van der Waals surface area contributed by atoms with Crippen molar-refractivity contribution in [3.05, 3.63) is 70.3 Å². The number of hydrogen-bond donors (Lipinski definition) is 2. The van der Waals surface area contributed by atoms with Gasteiger partial charge >= 0.3 is 5.69 Å². The van der Waals surface area contributed by atoms with Crippen molar-refractivity contribution in [1.82, 2.24) is 29.7 Å². The second-order valence-corrected chi connectivity index (χ2v) is 11.1. The van der Waals surface area contributed by atoms with Crippen LogP contribution in [0.1, 0.15) is 63.6 Å². The van der Waals surface area contributed by atoms with Crippen molar-refractivity contribution < 1.29 is 9.50 Å². The number of aromatic nitrogens is 6. The van der Waals surface area contributed by atoms with Gasteiger partial charge in [-0.15, -0.1) is 0 Å². The van der Waals surface area contributed by atoms with Gasteiger partial charge in [-0.25, -0.2) is 18.7 Å². The Morgan fingerprint density at radius 3 is 2.83 bits per heavy atom. The number of pyridine rings is 2. The molecule has 0 saturated carbocycles. The quantitative estimate of drug-likeness (QED) is 0.281. The van der Waals surface area contributed by atoms with E-state index in [4.69, 9.17) is 4.98 Å². The number of piperidine rings is 1. The molecule has 0 amide bonds. The Bertz CT molecular complexity index is 1800. The van der Waals surface area contributed by atoms with Gasteiger partial charge in [0.15, 0.2) is 5.65 Å². The van der Waals surface area contributed by atoms with Gasteiger partial charge in [-0.3, -0.25) is 10.1 Å². The summed E-state index contributed by atoms with van der Waals surface area (Å²) >= 11 is 0. The molecule has 41 heavy (non-hydrogen) atoms. The Morgan fingerprint density at radius 1 is 1.20 bits per heavy atom. The Kier molecular flexibility index (Phi) is 7.25. The summed E-state index contributed by atoms with van der Waals surface area (Å²) in [5.41, 5.74) is 3.34. The lowest BCUT2D eigenvalue weighted by Gasteiger charge is -2.35. The molecule has 10 heteroatoms. The van der Waals surface area contributed by atoms with Crippen LogP contribution in [-0.2, 0) is 6.42 Å². The van der Waals surface area contributed by atoms with Gasteiger partial charge in [0.2, 0.25) is 0 Å². The number of aliphatic hydroxyl groups excluding tert-OH is 1. The number of anilines is 1. The van der Waals surface area contributed by atoms with Crippen LogP contribution in [0.4, 0.5) is 10.2 Å². The lowest BCUT2D eigenvalue weighted by molar-refractivity contribution is 0.288. The number of aliphatic hydroxyl groups is 1. The molecule has 1 fully saturated rings. The number of hydrogen-bond acceptors (Lipinski definition) is 7. The highest BCUT2D eigenvalue weighted by atomic mass is 19.1. The molecule has 0 radical (unpaired) electrons. The largest absolute Gasteiger partial charge is 0.396 e. The third-order valence-corrected chi connectivity index (χ3v) is 8.02. The standard InChI is InChI=1S/C31H34FN7O2/c1-18(2)25-28(20(10-7-15-40)12-13-33-25)39-30-23(29(36-31(39)41)38-14-5-4-8-19(38)3)16-24(32)27(35-30)22-11-6-9-21-17-34-37-26(21)22/h6,9,11-13,16-19,40H,4-5,7-8,10,14-15H2,1-3H3,(H,34,37)/t19-/m0/s1. The molecule has 2 N–H and O–H groups in total. The lowest BCUT2D eigenvalue weighted by atomic mass is 10.0. The molecule has 1 aromatic carbocycles. The van der Waals surface area contributed by atoms with Crippen LogP contribution in [0.25, 0.3) is 38.9 Å². The van der Waals surface area contributed by atoms with E-state index in [9.17, 15) is 9.90 Å². The van der Waals surface area contributed by atoms with E-state index in [-0.39, 0.29) is 24.3 Å². The molecule has 1 aliphatic rings. The second kappa shape index (κ2) is 11.0. The van der Waals surface area contributed by atoms with Crippen molar-refractivity contribution in [2.45, 2.75) is 64.8 Å². The molecular weight excluding hydrogens is 521 g/mol. The zero-order chi connectivity index (χ0) is 28.7. The van der Waals surface area contributed by atoms with Crippen LogP contribution in [0.5, 0.6) is 0 Å². The summed E-state index contributed by atoms with van der Waals surface area (Å²) in [6.45, 7) is 6.89. The fourth-order valence-electron chi connectivity index (χ4n) is 5.96. The number of halogens is 1. The van der Waals surface area contributed by atoms with Crippen LogP contribution < -0.4 is 10.6 Å². The number of nitrogens with one attached hydrogen (secondary N) is 1. The summed E-state index contributed by atoms with van der Waals surface area (Å²) < 4.78 is 17.6. The number of aryl methyl sites for hydroxylation is 1. The number of benzene rings is 1. The molecular formula is C31H34FN7O2. The highest BCUT2D eigenvalue weighted by Gasteiger charge is 2.28. The smallest absolute Gasteiger partial charge is 0.355 e. The van der Waals surface area contributed by atoms with Crippen LogP contribution in [0.15, 0.2) is 47.5 Å². The second-order valence-electron chi connectivity index (χ2n) is 11.1. The minimum absolute atomic E-state index is 0.0125. The van der Waals surface area contributed by atoms with E-state index in [2.05, 4.69) is 32.0 Å². The highest BCUT2D eigenvalue weighted by Crippen LogP contribution is 2.35. The summed E-state index contributed by atoms with van der Waals surface area (Å²) in [7, 11) is 0. The van der Waals surface area contributed by atoms with Crippen molar-refractivity contribution in [3.63, 3.8) is 0 Å². The van der Waals surface area contributed by atoms with Gasteiger partial charge in [-0.1, -0.05) is 32.0 Å². The molecule has 1 saturated heterocycles. The fraction of sp³-hybridized carbons (Fsp3) is 0.387. The monoisotopic (exact) mass is 555 g/mol. The summed E-state index contributed by atoms with van der Waals surface area (Å²) in [5, 5.41) is 18.0. The number of aromatic amines is 1. The molecule has 0 aliphatic carbocycles. The van der Waals surface area contributed by atoms with Gasteiger partial charge in [0.1, 0.15) is 17.3 Å². The number of rotatable bonds is 7. The van der Waals surface area contributed by atoms with Crippen LogP contribution in [0.2, 0.25) is 0 Å². The first kappa shape index (κ1) is 27.0. The van der Waals surface area contributed by atoms with Gasteiger partial charge < -0.3 is 10.0 Å². The van der Waals surface area contributed by atoms with Crippen molar-refractivity contribution in [3.8, 4) is 16.9 Å². The Balaban J connectivity index is 1.72. The van der Waals surface area contributed by atoms with E-state index in [0.29, 0.717) is 52.2 Å². The number of nitrogens with zero attached hydrogens (tertiary/aromatic N) is 6. The predicted octanol–water partition coefficient (Wildman–Crippen LogP) is 5.29. The molecule has 4 aromatic heterocycles. The van der Waals surface area contributed by atoms with Crippen molar-refractivity contribution in [2.75, 3.05) is 18.1 Å². The lowest BCUT2D eigenvalue weighted by Crippen LogP contribution is -2.40. The normalized spacial score (nSPS) is 15.9. The first-order valence-electron chi connectivity index (χ1n) is 14.3. The van der Waals surface area contributed by atoms with Gasteiger partial charge in [0, 0.05) is 36.3 Å². The van der Waals surface area contributed by atoms with Crippen LogP contribution in [0, 0.1) is 5.82 Å². The molecule has 6 rings (SSSR count). The molecule has 5 heterocycles. The third-order valence-electron chi connectivity index (χ3n) is 8.02. The minimum Gasteiger partial charge on any atom is -0.396 e. The molecule has 1 atom stereocenters. The molecule has 0 unspecified atom stereocenters. The molecule has 5 aromatic rings. The van der Waals surface area contributed by atoms with Crippen LogP contribution in [-0.4, -0.2) is 54.0 Å². The molecule has 1 aliphatic heterocycles. The SMILES string of the molecule is CC(C)c1nccc(CCCO)c1-n1c(=O)nc(N2CCCC[C@@H]2C)c2cc(F)c(-c3cccc4cn[nH]c34)nc21. The van der Waals surface area contributed by atoms with Crippen molar-refractivity contribution in [1.29, 1.82) is 0 Å². The Morgan fingerprint density at radius 2 is 2.05 bits per heavy atom. The number of fused-ring (bicyclic) bond motifs is 2. The zero-order valence-corrected chi connectivity index (χ0v) is 23.6. The average Bonchev–Trinajstić information content (AvgIpc) is 3.45. The highest BCUT2D eigenvalue weighted by molar-refractivity contribution is 5.95. The Hall–Kier alpha value is -4.18. The van der Waals surface area contributed by atoms with Crippen LogP contribution in [0.3, 0.4) is 0 Å². The van der Waals surface area contributed by atoms with Crippen molar-refractivity contribution in [2.24, 2.45) is 0 Å². The van der Waals surface area contributed by atoms with Crippen LogP contribution >= 0.6 is 0 Å². The maximum atomic E-state index is 16.1.